The molecule has 1 aromatic heterocycles. The molecule has 3 aromatic rings. The van der Waals surface area contributed by atoms with Crippen molar-refractivity contribution >= 4 is 51.5 Å². The van der Waals surface area contributed by atoms with Crippen LogP contribution in [0.3, 0.4) is 0 Å². The van der Waals surface area contributed by atoms with E-state index in [4.69, 9.17) is 11.6 Å². The van der Waals surface area contributed by atoms with E-state index in [-0.39, 0.29) is 17.0 Å². The number of thioether (sulfide) groups is 1. The summed E-state index contributed by atoms with van der Waals surface area (Å²) in [4.78, 5) is 27.1. The predicted octanol–water partition coefficient (Wildman–Crippen LogP) is 4.40. The van der Waals surface area contributed by atoms with E-state index in [9.17, 15) is 14.9 Å². The molecule has 1 saturated heterocycles. The Hall–Kier alpha value is -2.84. The third-order valence-electron chi connectivity index (χ3n) is 4.20. The Labute approximate surface area is 163 Å². The van der Waals surface area contributed by atoms with E-state index in [0.29, 0.717) is 10.8 Å². The van der Waals surface area contributed by atoms with Crippen LogP contribution in [0.15, 0.2) is 54.7 Å². The smallest absolute Gasteiger partial charge is 0.269 e. The molecule has 1 fully saturated rings. The van der Waals surface area contributed by atoms with Gasteiger partial charge in [-0.05, 0) is 42.0 Å². The number of amides is 1. The molecule has 9 heteroatoms. The Kier molecular flexibility index (Phi) is 4.59. The second-order valence-electron chi connectivity index (χ2n) is 5.91. The monoisotopic (exact) mass is 400 g/mol. The molecule has 0 spiro atoms. The van der Waals surface area contributed by atoms with Crippen LogP contribution in [-0.4, -0.2) is 26.6 Å². The number of benzene rings is 2. The van der Waals surface area contributed by atoms with Gasteiger partial charge in [-0.25, -0.2) is 5.01 Å². The first kappa shape index (κ1) is 17.6. The molecular formula is C18H13ClN4O3S. The number of fused-ring (bicyclic) bond motifs is 1. The summed E-state index contributed by atoms with van der Waals surface area (Å²) in [5.41, 5.74) is 5.47. The molecule has 1 atom stereocenters. The lowest BCUT2D eigenvalue weighted by Gasteiger charge is -2.26. The van der Waals surface area contributed by atoms with Crippen LogP contribution in [0.2, 0.25) is 5.02 Å². The molecule has 0 saturated carbocycles. The molecule has 27 heavy (non-hydrogen) atoms. The minimum Gasteiger partial charge on any atom is -0.294 e. The van der Waals surface area contributed by atoms with Gasteiger partial charge in [0.1, 0.15) is 5.37 Å². The second-order valence-corrected chi connectivity index (χ2v) is 7.41. The van der Waals surface area contributed by atoms with Crippen molar-refractivity contribution in [2.75, 3.05) is 11.2 Å². The van der Waals surface area contributed by atoms with E-state index in [2.05, 4.69) is 10.4 Å². The normalized spacial score (nSPS) is 16.7. The van der Waals surface area contributed by atoms with E-state index in [1.54, 1.807) is 41.5 Å². The predicted molar refractivity (Wildman–Crippen MR) is 106 cm³/mol. The van der Waals surface area contributed by atoms with Crippen molar-refractivity contribution in [2.45, 2.75) is 5.37 Å². The molecule has 1 amide bonds. The van der Waals surface area contributed by atoms with Crippen LogP contribution in [0, 0.1) is 10.1 Å². The van der Waals surface area contributed by atoms with Crippen LogP contribution in [0.25, 0.3) is 10.9 Å². The highest BCUT2D eigenvalue weighted by molar-refractivity contribution is 8.00. The molecule has 0 bridgehead atoms. The number of rotatable bonds is 4. The second kappa shape index (κ2) is 7.05. The third-order valence-corrected chi connectivity index (χ3v) is 5.65. The number of carbonyl (C=O) groups excluding carboxylic acids is 1. The van der Waals surface area contributed by atoms with Gasteiger partial charge in [-0.3, -0.25) is 25.3 Å². The molecular weight excluding hydrogens is 388 g/mol. The van der Waals surface area contributed by atoms with Gasteiger partial charge in [0, 0.05) is 28.7 Å². The van der Waals surface area contributed by atoms with Crippen LogP contribution in [0.1, 0.15) is 10.9 Å². The van der Waals surface area contributed by atoms with Gasteiger partial charge in [0.05, 0.1) is 21.9 Å². The average molecular weight is 401 g/mol. The molecule has 1 unspecified atom stereocenters. The van der Waals surface area contributed by atoms with E-state index in [0.717, 1.165) is 22.2 Å². The highest BCUT2D eigenvalue weighted by Gasteiger charge is 2.33. The molecule has 2 aromatic carbocycles. The average Bonchev–Trinajstić information content (AvgIpc) is 3.02. The van der Waals surface area contributed by atoms with Gasteiger partial charge in [0.25, 0.3) is 11.6 Å². The van der Waals surface area contributed by atoms with E-state index >= 15 is 0 Å². The molecule has 7 nitrogen and oxygen atoms in total. The van der Waals surface area contributed by atoms with Crippen molar-refractivity contribution in [3.63, 3.8) is 0 Å². The maximum Gasteiger partial charge on any atom is 0.269 e. The zero-order valence-electron chi connectivity index (χ0n) is 13.8. The molecule has 1 aliphatic heterocycles. The van der Waals surface area contributed by atoms with Gasteiger partial charge in [-0.1, -0.05) is 11.6 Å². The van der Waals surface area contributed by atoms with E-state index in [1.807, 2.05) is 6.07 Å². The Morgan fingerprint density at radius 3 is 2.74 bits per heavy atom. The molecule has 136 valence electrons. The van der Waals surface area contributed by atoms with Crippen LogP contribution in [0.4, 0.5) is 11.4 Å². The minimum absolute atomic E-state index is 0.0181. The number of hydrazine groups is 1. The number of halogens is 1. The fourth-order valence-electron chi connectivity index (χ4n) is 2.90. The zero-order valence-corrected chi connectivity index (χ0v) is 15.4. The largest absolute Gasteiger partial charge is 0.294 e. The number of nitro benzene ring substituents is 1. The number of anilines is 1. The standard InChI is InChI=1S/C18H13ClN4O3S/c19-12-3-6-14-15(7-8-20-16(14)9-12)21-22-17(24)10-27-18(22)11-1-4-13(5-2-11)23(25)26/h1-9,18H,10H2,(H,20,21). The molecule has 0 aliphatic carbocycles. The minimum atomic E-state index is -0.443. The number of nitrogens with one attached hydrogen (secondary N) is 1. The first-order chi connectivity index (χ1) is 13.0. The lowest BCUT2D eigenvalue weighted by atomic mass is 10.2. The Morgan fingerprint density at radius 2 is 2.00 bits per heavy atom. The fourth-order valence-corrected chi connectivity index (χ4v) is 4.18. The van der Waals surface area contributed by atoms with Gasteiger partial charge >= 0.3 is 0 Å². The van der Waals surface area contributed by atoms with Crippen molar-refractivity contribution in [3.05, 3.63) is 75.4 Å². The van der Waals surface area contributed by atoms with Gasteiger partial charge in [0.2, 0.25) is 0 Å². The van der Waals surface area contributed by atoms with E-state index < -0.39 is 4.92 Å². The Balaban J connectivity index is 1.65. The number of hydrogen-bond donors (Lipinski definition) is 1. The summed E-state index contributed by atoms with van der Waals surface area (Å²) in [6.07, 6.45) is 1.65. The van der Waals surface area contributed by atoms with E-state index in [1.165, 1.54) is 23.9 Å². The molecule has 1 N–H and O–H groups in total. The summed E-state index contributed by atoms with van der Waals surface area (Å²) in [5.74, 6) is 0.256. The van der Waals surface area contributed by atoms with Gasteiger partial charge in [0.15, 0.2) is 0 Å². The topological polar surface area (TPSA) is 88.4 Å². The number of non-ortho nitro benzene ring substituents is 1. The van der Waals surface area contributed by atoms with Crippen LogP contribution in [-0.2, 0) is 4.79 Å². The summed E-state index contributed by atoms with van der Waals surface area (Å²) in [5, 5.41) is 13.5. The third kappa shape index (κ3) is 3.41. The highest BCUT2D eigenvalue weighted by Crippen LogP contribution is 2.39. The number of carbonyl (C=O) groups is 1. The molecule has 2 heterocycles. The Bertz CT molecular complexity index is 1040. The first-order valence-electron chi connectivity index (χ1n) is 8.02. The van der Waals surface area contributed by atoms with Crippen LogP contribution in [0.5, 0.6) is 0 Å². The lowest BCUT2D eigenvalue weighted by Crippen LogP contribution is -2.33. The first-order valence-corrected chi connectivity index (χ1v) is 9.44. The van der Waals surface area contributed by atoms with Crippen LogP contribution >= 0.6 is 23.4 Å². The summed E-state index contributed by atoms with van der Waals surface area (Å²) in [7, 11) is 0. The number of pyridine rings is 1. The lowest BCUT2D eigenvalue weighted by molar-refractivity contribution is -0.384. The Morgan fingerprint density at radius 1 is 1.22 bits per heavy atom. The molecule has 0 radical (unpaired) electrons. The quantitative estimate of drug-likeness (QED) is 0.516. The number of nitro groups is 1. The summed E-state index contributed by atoms with van der Waals surface area (Å²) in [6, 6.07) is 13.4. The highest BCUT2D eigenvalue weighted by atomic mass is 35.5. The van der Waals surface area contributed by atoms with Crippen molar-refractivity contribution < 1.29 is 9.72 Å². The van der Waals surface area contributed by atoms with Crippen molar-refractivity contribution in [1.29, 1.82) is 0 Å². The number of hydrogen-bond acceptors (Lipinski definition) is 6. The van der Waals surface area contributed by atoms with Crippen molar-refractivity contribution in [1.82, 2.24) is 9.99 Å². The molecule has 1 aliphatic rings. The van der Waals surface area contributed by atoms with Gasteiger partial charge < -0.3 is 0 Å². The summed E-state index contributed by atoms with van der Waals surface area (Å²) < 4.78 is 0. The van der Waals surface area contributed by atoms with Gasteiger partial charge in [-0.15, -0.1) is 11.8 Å². The maximum absolute atomic E-state index is 12.4. The maximum atomic E-state index is 12.4. The summed E-state index contributed by atoms with van der Waals surface area (Å²) in [6.45, 7) is 0. The van der Waals surface area contributed by atoms with Crippen molar-refractivity contribution in [2.24, 2.45) is 0 Å². The van der Waals surface area contributed by atoms with Gasteiger partial charge in [-0.2, -0.15) is 0 Å². The number of nitrogens with zero attached hydrogens (tertiary/aromatic N) is 3. The summed E-state index contributed by atoms with van der Waals surface area (Å²) >= 11 is 7.49. The van der Waals surface area contributed by atoms with Crippen LogP contribution < -0.4 is 5.43 Å². The fraction of sp³-hybridized carbons (Fsp3) is 0.111. The SMILES string of the molecule is O=C1CSC(c2ccc([N+](=O)[O-])cc2)N1Nc1ccnc2cc(Cl)ccc12. The number of aromatic nitrogens is 1. The van der Waals surface area contributed by atoms with Crippen molar-refractivity contribution in [3.8, 4) is 0 Å². The zero-order chi connectivity index (χ0) is 19.0. The molecule has 4 rings (SSSR count).